The summed E-state index contributed by atoms with van der Waals surface area (Å²) < 4.78 is 6.11. The van der Waals surface area contributed by atoms with Crippen LogP contribution in [0.15, 0.2) is 24.3 Å². The smallest absolute Gasteiger partial charge is 0.263 e. The lowest BCUT2D eigenvalue weighted by Gasteiger charge is -2.30. The molecular formula is C25H29N5O2S. The molecule has 0 radical (unpaired) electrons. The van der Waals surface area contributed by atoms with Gasteiger partial charge in [0.1, 0.15) is 22.1 Å². The number of anilines is 2. The molecule has 0 saturated carbocycles. The SMILES string of the molecule is Cc1cc(C)c2c(N)c(C(=O)N[C@H]3COc4cc(N5CC[C@@H]6CNC[C@@H]65)ccc4C3)sc2n1. The number of nitrogen functional groups attached to an aromatic ring is 1. The van der Waals surface area contributed by atoms with Crippen LogP contribution in [0.5, 0.6) is 5.75 Å². The third kappa shape index (κ3) is 3.52. The van der Waals surface area contributed by atoms with Gasteiger partial charge in [0.05, 0.1) is 11.7 Å². The summed E-state index contributed by atoms with van der Waals surface area (Å²) in [6, 6.07) is 9.03. The van der Waals surface area contributed by atoms with Crippen LogP contribution in [-0.4, -0.2) is 49.2 Å². The number of nitrogens with one attached hydrogen (secondary N) is 2. The quantitative estimate of drug-likeness (QED) is 0.553. The van der Waals surface area contributed by atoms with Crippen molar-refractivity contribution in [1.29, 1.82) is 0 Å². The van der Waals surface area contributed by atoms with Crippen molar-refractivity contribution in [3.63, 3.8) is 0 Å². The van der Waals surface area contributed by atoms with Crippen molar-refractivity contribution in [3.05, 3.63) is 46.0 Å². The number of ether oxygens (including phenoxy) is 1. The summed E-state index contributed by atoms with van der Waals surface area (Å²) in [4.78, 5) is 21.5. The number of nitrogens with two attached hydrogens (primary N) is 1. The summed E-state index contributed by atoms with van der Waals surface area (Å²) in [5, 5.41) is 7.53. The van der Waals surface area contributed by atoms with E-state index in [2.05, 4.69) is 38.7 Å². The Morgan fingerprint density at radius 2 is 2.18 bits per heavy atom. The molecule has 7 nitrogen and oxygen atoms in total. The van der Waals surface area contributed by atoms with Gasteiger partial charge >= 0.3 is 0 Å². The molecule has 1 amide bonds. The molecule has 0 spiro atoms. The van der Waals surface area contributed by atoms with Crippen LogP contribution >= 0.6 is 11.3 Å². The molecule has 6 rings (SSSR count). The van der Waals surface area contributed by atoms with E-state index in [1.54, 1.807) is 0 Å². The first-order valence-corrected chi connectivity index (χ1v) is 12.5. The molecule has 5 heterocycles. The van der Waals surface area contributed by atoms with E-state index < -0.39 is 0 Å². The summed E-state index contributed by atoms with van der Waals surface area (Å²) in [7, 11) is 0. The molecule has 3 aliphatic rings. The molecule has 3 aliphatic heterocycles. The second kappa shape index (κ2) is 7.88. The van der Waals surface area contributed by atoms with Gasteiger partial charge in [0.2, 0.25) is 0 Å². The minimum atomic E-state index is -0.155. The first-order valence-electron chi connectivity index (χ1n) is 11.7. The fraction of sp³-hybridized carbons (Fsp3) is 0.440. The Morgan fingerprint density at radius 3 is 3.06 bits per heavy atom. The lowest BCUT2D eigenvalue weighted by atomic mass is 10.0. The predicted octanol–water partition coefficient (Wildman–Crippen LogP) is 3.03. The fourth-order valence-electron chi connectivity index (χ4n) is 5.69. The molecule has 172 valence electrons. The summed E-state index contributed by atoms with van der Waals surface area (Å²) in [5.41, 5.74) is 11.2. The monoisotopic (exact) mass is 463 g/mol. The van der Waals surface area contributed by atoms with E-state index in [0.29, 0.717) is 23.2 Å². The Hall–Kier alpha value is -2.84. The Morgan fingerprint density at radius 1 is 1.30 bits per heavy atom. The standard InChI is InChI=1S/C25H29N5O2S/c1-13-7-14(2)28-25-21(13)22(26)23(33-25)24(31)29-17-8-15-3-4-18(9-20(15)32-12-17)30-6-5-16-10-27-11-19(16)30/h3-4,7,9,16-17,19,27H,5-6,8,10-12,26H2,1-2H3,(H,29,31)/t16-,17-,19+/m1/s1. The molecule has 33 heavy (non-hydrogen) atoms. The number of hydrogen-bond acceptors (Lipinski definition) is 7. The highest BCUT2D eigenvalue weighted by Crippen LogP contribution is 2.37. The number of carbonyl (C=O) groups excluding carboxylic acids is 1. The van der Waals surface area contributed by atoms with E-state index in [9.17, 15) is 4.79 Å². The summed E-state index contributed by atoms with van der Waals surface area (Å²) in [6.45, 7) is 7.72. The van der Waals surface area contributed by atoms with Gasteiger partial charge in [-0.05, 0) is 55.9 Å². The molecule has 2 saturated heterocycles. The maximum absolute atomic E-state index is 13.1. The van der Waals surface area contributed by atoms with Gasteiger partial charge < -0.3 is 26.0 Å². The van der Waals surface area contributed by atoms with Crippen molar-refractivity contribution in [2.75, 3.05) is 36.9 Å². The molecule has 0 unspecified atom stereocenters. The molecule has 3 atom stereocenters. The number of nitrogens with zero attached hydrogens (tertiary/aromatic N) is 2. The highest BCUT2D eigenvalue weighted by Gasteiger charge is 2.38. The van der Waals surface area contributed by atoms with Crippen LogP contribution in [0.2, 0.25) is 0 Å². The molecule has 0 bridgehead atoms. The Kier molecular flexibility index (Phi) is 4.96. The number of carbonyl (C=O) groups is 1. The number of hydrogen-bond donors (Lipinski definition) is 3. The number of fused-ring (bicyclic) bond motifs is 3. The van der Waals surface area contributed by atoms with E-state index in [1.807, 2.05) is 19.9 Å². The van der Waals surface area contributed by atoms with E-state index in [4.69, 9.17) is 10.5 Å². The van der Waals surface area contributed by atoms with Crippen LogP contribution in [0, 0.1) is 19.8 Å². The molecule has 1 aromatic carbocycles. The molecule has 0 aliphatic carbocycles. The van der Waals surface area contributed by atoms with Gasteiger partial charge in [-0.15, -0.1) is 11.3 Å². The van der Waals surface area contributed by atoms with Crippen LogP contribution in [0.4, 0.5) is 11.4 Å². The fourth-order valence-corrected chi connectivity index (χ4v) is 6.81. The third-order valence-corrected chi connectivity index (χ3v) is 8.40. The van der Waals surface area contributed by atoms with E-state index in [0.717, 1.165) is 64.8 Å². The van der Waals surface area contributed by atoms with Crippen LogP contribution < -0.4 is 26.0 Å². The Labute approximate surface area is 197 Å². The van der Waals surface area contributed by atoms with Gasteiger partial charge in [-0.25, -0.2) is 4.98 Å². The highest BCUT2D eigenvalue weighted by atomic mass is 32.1. The number of benzene rings is 1. The van der Waals surface area contributed by atoms with Crippen LogP contribution in [0.25, 0.3) is 10.2 Å². The normalized spacial score (nSPS) is 23.9. The van der Waals surface area contributed by atoms with Crippen molar-refractivity contribution in [3.8, 4) is 5.75 Å². The van der Waals surface area contributed by atoms with Crippen molar-refractivity contribution in [1.82, 2.24) is 15.6 Å². The highest BCUT2D eigenvalue weighted by molar-refractivity contribution is 7.21. The van der Waals surface area contributed by atoms with Crippen molar-refractivity contribution < 1.29 is 9.53 Å². The predicted molar refractivity (Wildman–Crippen MR) is 133 cm³/mol. The van der Waals surface area contributed by atoms with E-state index in [1.165, 1.54) is 23.4 Å². The zero-order valence-electron chi connectivity index (χ0n) is 19.0. The molecule has 4 N–H and O–H groups in total. The Balaban J connectivity index is 1.18. The number of thiophene rings is 1. The second-order valence-electron chi connectivity index (χ2n) is 9.55. The number of aromatic nitrogens is 1. The van der Waals surface area contributed by atoms with Gasteiger partial charge in [-0.2, -0.15) is 0 Å². The third-order valence-electron chi connectivity index (χ3n) is 7.30. The minimum absolute atomic E-state index is 0.0912. The summed E-state index contributed by atoms with van der Waals surface area (Å²) >= 11 is 1.36. The van der Waals surface area contributed by atoms with Crippen molar-refractivity contribution in [2.24, 2.45) is 5.92 Å². The molecular weight excluding hydrogens is 434 g/mol. The zero-order valence-corrected chi connectivity index (χ0v) is 19.8. The lowest BCUT2D eigenvalue weighted by molar-refractivity contribution is 0.0920. The molecule has 2 fully saturated rings. The van der Waals surface area contributed by atoms with Crippen LogP contribution in [0.1, 0.15) is 32.9 Å². The largest absolute Gasteiger partial charge is 0.491 e. The van der Waals surface area contributed by atoms with E-state index >= 15 is 0 Å². The molecule has 3 aromatic rings. The van der Waals surface area contributed by atoms with Gasteiger partial charge in [0.25, 0.3) is 5.91 Å². The second-order valence-corrected chi connectivity index (χ2v) is 10.5. The molecule has 2 aromatic heterocycles. The summed E-state index contributed by atoms with van der Waals surface area (Å²) in [5.74, 6) is 1.54. The first-order chi connectivity index (χ1) is 16.0. The zero-order chi connectivity index (χ0) is 22.7. The van der Waals surface area contributed by atoms with Crippen molar-refractivity contribution >= 4 is 38.8 Å². The number of aryl methyl sites for hydroxylation is 2. The first kappa shape index (κ1) is 20.7. The van der Waals surface area contributed by atoms with Gasteiger partial charge in [0.15, 0.2) is 0 Å². The lowest BCUT2D eigenvalue weighted by Crippen LogP contribution is -2.42. The average Bonchev–Trinajstić information content (AvgIpc) is 3.48. The number of amides is 1. The van der Waals surface area contributed by atoms with Crippen LogP contribution in [0.3, 0.4) is 0 Å². The molecule has 8 heteroatoms. The topological polar surface area (TPSA) is 92.5 Å². The van der Waals surface area contributed by atoms with Gasteiger partial charge in [-0.3, -0.25) is 4.79 Å². The number of rotatable bonds is 3. The maximum atomic E-state index is 13.1. The summed E-state index contributed by atoms with van der Waals surface area (Å²) in [6.07, 6.45) is 2.00. The minimum Gasteiger partial charge on any atom is -0.491 e. The van der Waals surface area contributed by atoms with Gasteiger partial charge in [0, 0.05) is 48.5 Å². The maximum Gasteiger partial charge on any atom is 0.263 e. The van der Waals surface area contributed by atoms with Crippen molar-refractivity contribution in [2.45, 2.75) is 38.8 Å². The number of pyridine rings is 1. The van der Waals surface area contributed by atoms with Gasteiger partial charge in [-0.1, -0.05) is 6.07 Å². The van der Waals surface area contributed by atoms with Crippen LogP contribution in [-0.2, 0) is 6.42 Å². The Bertz CT molecular complexity index is 1260. The average molecular weight is 464 g/mol. The van der Waals surface area contributed by atoms with E-state index in [-0.39, 0.29) is 11.9 Å².